The van der Waals surface area contributed by atoms with E-state index in [2.05, 4.69) is 4.72 Å². The van der Waals surface area contributed by atoms with Crippen LogP contribution in [0.3, 0.4) is 0 Å². The second-order valence-corrected chi connectivity index (χ2v) is 8.04. The maximum Gasteiger partial charge on any atom is 0.240 e. The van der Waals surface area contributed by atoms with E-state index in [-0.39, 0.29) is 22.8 Å². The number of halogens is 1. The molecule has 1 saturated heterocycles. The third-order valence-electron chi connectivity index (χ3n) is 4.62. The highest BCUT2D eigenvalue weighted by molar-refractivity contribution is 7.89. The Morgan fingerprint density at radius 1 is 1.22 bits per heavy atom. The smallest absolute Gasteiger partial charge is 0.240 e. The summed E-state index contributed by atoms with van der Waals surface area (Å²) in [5.74, 6) is -0.321. The van der Waals surface area contributed by atoms with Gasteiger partial charge in [0.2, 0.25) is 15.9 Å². The Kier molecular flexibility index (Phi) is 4.68. The first-order valence-corrected chi connectivity index (χ1v) is 9.51. The quantitative estimate of drug-likeness (QED) is 0.910. The van der Waals surface area contributed by atoms with E-state index in [1.165, 1.54) is 18.2 Å². The van der Waals surface area contributed by atoms with E-state index in [1.54, 1.807) is 4.90 Å². The predicted molar refractivity (Wildman–Crippen MR) is 83.7 cm³/mol. The predicted octanol–water partition coefficient (Wildman–Crippen LogP) is 1.90. The number of sulfonamides is 1. The summed E-state index contributed by atoms with van der Waals surface area (Å²) < 4.78 is 40.5. The molecule has 1 heterocycles. The average molecular weight is 340 g/mol. The first-order chi connectivity index (χ1) is 11.0. The minimum atomic E-state index is -3.77. The highest BCUT2D eigenvalue weighted by atomic mass is 32.2. The minimum absolute atomic E-state index is 0.0834. The molecule has 1 N–H and O–H groups in total. The van der Waals surface area contributed by atoms with E-state index in [1.807, 2.05) is 0 Å². The van der Waals surface area contributed by atoms with Gasteiger partial charge in [-0.2, -0.15) is 0 Å². The van der Waals surface area contributed by atoms with E-state index < -0.39 is 15.8 Å². The Hall–Kier alpha value is -1.47. The first kappa shape index (κ1) is 16.4. The third kappa shape index (κ3) is 3.72. The lowest BCUT2D eigenvalue weighted by Crippen LogP contribution is -2.51. The van der Waals surface area contributed by atoms with Gasteiger partial charge >= 0.3 is 0 Å². The van der Waals surface area contributed by atoms with Crippen LogP contribution < -0.4 is 4.72 Å². The Morgan fingerprint density at radius 3 is 2.65 bits per heavy atom. The fourth-order valence-corrected chi connectivity index (χ4v) is 4.40. The van der Waals surface area contributed by atoms with E-state index in [0.717, 1.165) is 31.7 Å². The number of hydrogen-bond donors (Lipinski definition) is 1. The molecule has 2 fully saturated rings. The topological polar surface area (TPSA) is 66.5 Å². The van der Waals surface area contributed by atoms with Crippen LogP contribution in [0.2, 0.25) is 0 Å². The van der Waals surface area contributed by atoms with Crippen molar-refractivity contribution in [2.45, 2.75) is 43.0 Å². The Labute approximate surface area is 135 Å². The summed E-state index contributed by atoms with van der Waals surface area (Å²) in [6.07, 6.45) is 4.43. The molecule has 1 aliphatic carbocycles. The number of amides is 1. The molecule has 1 aromatic carbocycles. The van der Waals surface area contributed by atoms with Crippen LogP contribution in [0.5, 0.6) is 0 Å². The lowest BCUT2D eigenvalue weighted by atomic mass is 9.84. The van der Waals surface area contributed by atoms with Crippen LogP contribution in [-0.4, -0.2) is 38.4 Å². The summed E-state index contributed by atoms with van der Waals surface area (Å²) in [7, 11) is -3.77. The van der Waals surface area contributed by atoms with Crippen LogP contribution in [0.4, 0.5) is 4.39 Å². The molecule has 1 aliphatic heterocycles. The molecule has 0 unspecified atom stereocenters. The molecule has 1 amide bonds. The maximum absolute atomic E-state index is 13.2. The molecule has 1 saturated carbocycles. The molecule has 0 spiro atoms. The van der Waals surface area contributed by atoms with Crippen LogP contribution in [0, 0.1) is 11.7 Å². The molecule has 0 bridgehead atoms. The van der Waals surface area contributed by atoms with Gasteiger partial charge in [-0.05, 0) is 43.9 Å². The summed E-state index contributed by atoms with van der Waals surface area (Å²) in [5, 5.41) is 0. The summed E-state index contributed by atoms with van der Waals surface area (Å²) in [5.41, 5.74) is 0. The van der Waals surface area contributed by atoms with Crippen LogP contribution in [-0.2, 0) is 14.8 Å². The number of nitrogens with zero attached hydrogens (tertiary/aromatic N) is 1. The number of rotatable bonds is 4. The zero-order valence-corrected chi connectivity index (χ0v) is 13.7. The van der Waals surface area contributed by atoms with Crippen molar-refractivity contribution in [3.63, 3.8) is 0 Å². The largest absolute Gasteiger partial charge is 0.341 e. The van der Waals surface area contributed by atoms with Gasteiger partial charge in [0, 0.05) is 25.0 Å². The highest BCUT2D eigenvalue weighted by Gasteiger charge is 2.33. The molecule has 2 aliphatic rings. The van der Waals surface area contributed by atoms with Crippen LogP contribution in [0.15, 0.2) is 29.2 Å². The summed E-state index contributed by atoms with van der Waals surface area (Å²) in [6.45, 7) is 1.08. The highest BCUT2D eigenvalue weighted by Crippen LogP contribution is 2.29. The van der Waals surface area contributed by atoms with Gasteiger partial charge in [0.15, 0.2) is 0 Å². The van der Waals surface area contributed by atoms with Gasteiger partial charge in [0.1, 0.15) is 5.82 Å². The van der Waals surface area contributed by atoms with Crippen molar-refractivity contribution >= 4 is 15.9 Å². The first-order valence-electron chi connectivity index (χ1n) is 8.02. The molecular weight excluding hydrogens is 319 g/mol. The fourth-order valence-electron chi connectivity index (χ4n) is 3.11. The molecule has 0 radical (unpaired) electrons. The Balaban J connectivity index is 1.66. The van der Waals surface area contributed by atoms with E-state index in [0.29, 0.717) is 19.5 Å². The Morgan fingerprint density at radius 2 is 2.00 bits per heavy atom. The monoisotopic (exact) mass is 340 g/mol. The zero-order chi connectivity index (χ0) is 16.4. The molecule has 5 nitrogen and oxygen atoms in total. The van der Waals surface area contributed by atoms with Crippen LogP contribution >= 0.6 is 0 Å². The van der Waals surface area contributed by atoms with Crippen molar-refractivity contribution in [1.29, 1.82) is 0 Å². The van der Waals surface area contributed by atoms with Crippen LogP contribution in [0.1, 0.15) is 32.1 Å². The molecule has 7 heteroatoms. The minimum Gasteiger partial charge on any atom is -0.341 e. The number of piperidine rings is 1. The number of likely N-dealkylation sites (tertiary alicyclic amines) is 1. The standard InChI is InChI=1S/C16H21FN2O3S/c17-13-6-2-8-15(10-13)23(21,22)18-14-7-3-9-19(11-14)16(20)12-4-1-5-12/h2,6,8,10,12,14,18H,1,3-5,7,9,11H2/t14-/m0/s1. The second kappa shape index (κ2) is 6.57. The summed E-state index contributed by atoms with van der Waals surface area (Å²) in [6, 6.07) is 4.63. The average Bonchev–Trinajstić information content (AvgIpc) is 2.45. The van der Waals surface area contributed by atoms with Crippen molar-refractivity contribution in [3.8, 4) is 0 Å². The van der Waals surface area contributed by atoms with E-state index in [4.69, 9.17) is 0 Å². The van der Waals surface area contributed by atoms with Crippen molar-refractivity contribution in [2.75, 3.05) is 13.1 Å². The lowest BCUT2D eigenvalue weighted by Gasteiger charge is -2.37. The maximum atomic E-state index is 13.2. The van der Waals surface area contributed by atoms with Gasteiger partial charge in [-0.1, -0.05) is 12.5 Å². The summed E-state index contributed by atoms with van der Waals surface area (Å²) >= 11 is 0. The molecule has 0 aromatic heterocycles. The van der Waals surface area contributed by atoms with E-state index >= 15 is 0 Å². The zero-order valence-electron chi connectivity index (χ0n) is 12.9. The molecule has 23 heavy (non-hydrogen) atoms. The molecule has 1 aromatic rings. The molecule has 3 rings (SSSR count). The number of carbonyl (C=O) groups excluding carboxylic acids is 1. The van der Waals surface area contributed by atoms with Gasteiger partial charge in [0.25, 0.3) is 0 Å². The number of carbonyl (C=O) groups is 1. The normalized spacial score (nSPS) is 22.7. The van der Waals surface area contributed by atoms with Crippen molar-refractivity contribution in [3.05, 3.63) is 30.1 Å². The number of hydrogen-bond acceptors (Lipinski definition) is 3. The van der Waals surface area contributed by atoms with Gasteiger partial charge in [-0.3, -0.25) is 4.79 Å². The SMILES string of the molecule is O=C(C1CCC1)N1CCC[C@H](NS(=O)(=O)c2cccc(F)c2)C1. The van der Waals surface area contributed by atoms with E-state index in [9.17, 15) is 17.6 Å². The van der Waals surface area contributed by atoms with Crippen LogP contribution in [0.25, 0.3) is 0 Å². The third-order valence-corrected chi connectivity index (χ3v) is 6.13. The fraction of sp³-hybridized carbons (Fsp3) is 0.562. The summed E-state index contributed by atoms with van der Waals surface area (Å²) in [4.78, 5) is 14.0. The van der Waals surface area contributed by atoms with Gasteiger partial charge in [0.05, 0.1) is 4.90 Å². The van der Waals surface area contributed by atoms with Crippen molar-refractivity contribution in [2.24, 2.45) is 5.92 Å². The van der Waals surface area contributed by atoms with Gasteiger partial charge < -0.3 is 4.90 Å². The molecule has 126 valence electrons. The van der Waals surface area contributed by atoms with Gasteiger partial charge in [-0.15, -0.1) is 0 Å². The van der Waals surface area contributed by atoms with Crippen molar-refractivity contribution < 1.29 is 17.6 Å². The lowest BCUT2D eigenvalue weighted by molar-refractivity contribution is -0.139. The number of benzene rings is 1. The van der Waals surface area contributed by atoms with Gasteiger partial charge in [-0.25, -0.2) is 17.5 Å². The number of nitrogens with one attached hydrogen (secondary N) is 1. The molecule has 1 atom stereocenters. The molecular formula is C16H21FN2O3S. The second-order valence-electron chi connectivity index (χ2n) is 6.33. The van der Waals surface area contributed by atoms with Crippen molar-refractivity contribution in [1.82, 2.24) is 9.62 Å². The Bertz CT molecular complexity index is 688.